The highest BCUT2D eigenvalue weighted by Gasteiger charge is 2.16. The van der Waals surface area contributed by atoms with E-state index in [1.807, 2.05) is 44.2 Å². The molecule has 21 heavy (non-hydrogen) atoms. The molecule has 0 amide bonds. The Kier molecular flexibility index (Phi) is 4.53. The first kappa shape index (κ1) is 15.4. The maximum atomic E-state index is 12.3. The zero-order valence-corrected chi connectivity index (χ0v) is 13.2. The average Bonchev–Trinajstić information content (AvgIpc) is 2.42. The van der Waals surface area contributed by atoms with Gasteiger partial charge in [-0.25, -0.2) is 8.42 Å². The molecule has 0 fully saturated rings. The van der Waals surface area contributed by atoms with Crippen LogP contribution in [0.25, 0.3) is 0 Å². The third-order valence-electron chi connectivity index (χ3n) is 3.12. The third-order valence-corrected chi connectivity index (χ3v) is 4.35. The minimum atomic E-state index is -3.49. The summed E-state index contributed by atoms with van der Waals surface area (Å²) in [5, 5.41) is 0. The van der Waals surface area contributed by atoms with Crippen LogP contribution in [0.3, 0.4) is 0 Å². The van der Waals surface area contributed by atoms with Gasteiger partial charge >= 0.3 is 0 Å². The molecule has 0 spiro atoms. The van der Waals surface area contributed by atoms with Crippen LogP contribution in [-0.2, 0) is 15.8 Å². The van der Waals surface area contributed by atoms with Gasteiger partial charge in [0.2, 0.25) is 10.0 Å². The average molecular weight is 305 g/mol. The summed E-state index contributed by atoms with van der Waals surface area (Å²) < 4.78 is 32.5. The van der Waals surface area contributed by atoms with Gasteiger partial charge in [0.25, 0.3) is 0 Å². The SMILES string of the molecule is COc1cc(C)cc(C)c1NS(=O)(=O)Cc1ccccc1. The van der Waals surface area contributed by atoms with Crippen molar-refractivity contribution in [3.05, 3.63) is 59.2 Å². The Bertz CT molecular complexity index is 725. The first-order chi connectivity index (χ1) is 9.91. The molecule has 0 heterocycles. The summed E-state index contributed by atoms with van der Waals surface area (Å²) in [6.07, 6.45) is 0. The fourth-order valence-electron chi connectivity index (χ4n) is 2.21. The minimum absolute atomic E-state index is 0.0652. The second-order valence-electron chi connectivity index (χ2n) is 5.01. The molecule has 0 aromatic heterocycles. The molecule has 2 aromatic rings. The van der Waals surface area contributed by atoms with Gasteiger partial charge in [-0.2, -0.15) is 0 Å². The second-order valence-corrected chi connectivity index (χ2v) is 6.73. The van der Waals surface area contributed by atoms with Crippen molar-refractivity contribution in [2.75, 3.05) is 11.8 Å². The van der Waals surface area contributed by atoms with Gasteiger partial charge in [0.05, 0.1) is 18.6 Å². The number of ether oxygens (including phenoxy) is 1. The fourth-order valence-corrected chi connectivity index (χ4v) is 3.48. The van der Waals surface area contributed by atoms with Crippen LogP contribution in [0, 0.1) is 13.8 Å². The maximum absolute atomic E-state index is 12.3. The van der Waals surface area contributed by atoms with E-state index in [4.69, 9.17) is 4.74 Å². The van der Waals surface area contributed by atoms with Gasteiger partial charge in [0.1, 0.15) is 5.75 Å². The highest BCUT2D eigenvalue weighted by atomic mass is 32.2. The topological polar surface area (TPSA) is 55.4 Å². The molecule has 1 N–H and O–H groups in total. The van der Waals surface area contributed by atoms with Crippen molar-refractivity contribution in [3.8, 4) is 5.75 Å². The second kappa shape index (κ2) is 6.18. The van der Waals surface area contributed by atoms with Crippen LogP contribution >= 0.6 is 0 Å². The van der Waals surface area contributed by atoms with E-state index < -0.39 is 10.0 Å². The van der Waals surface area contributed by atoms with E-state index >= 15 is 0 Å². The molecule has 0 saturated heterocycles. The van der Waals surface area contributed by atoms with Gasteiger partial charge in [-0.05, 0) is 36.6 Å². The van der Waals surface area contributed by atoms with E-state index in [1.165, 1.54) is 7.11 Å². The van der Waals surface area contributed by atoms with Gasteiger partial charge in [-0.15, -0.1) is 0 Å². The number of aryl methyl sites for hydroxylation is 2. The van der Waals surface area contributed by atoms with E-state index in [2.05, 4.69) is 4.72 Å². The Balaban J connectivity index is 2.29. The molecule has 2 rings (SSSR count). The number of rotatable bonds is 5. The Morgan fingerprint density at radius 2 is 1.76 bits per heavy atom. The van der Waals surface area contributed by atoms with E-state index in [0.29, 0.717) is 11.4 Å². The quantitative estimate of drug-likeness (QED) is 0.922. The summed E-state index contributed by atoms with van der Waals surface area (Å²) >= 11 is 0. The van der Waals surface area contributed by atoms with Crippen molar-refractivity contribution in [2.24, 2.45) is 0 Å². The van der Waals surface area contributed by atoms with Crippen LogP contribution in [0.5, 0.6) is 5.75 Å². The lowest BCUT2D eigenvalue weighted by Crippen LogP contribution is -2.16. The van der Waals surface area contributed by atoms with Crippen LogP contribution in [0.15, 0.2) is 42.5 Å². The van der Waals surface area contributed by atoms with E-state index in [-0.39, 0.29) is 5.75 Å². The van der Waals surface area contributed by atoms with E-state index in [0.717, 1.165) is 16.7 Å². The summed E-state index contributed by atoms with van der Waals surface area (Å²) in [4.78, 5) is 0. The first-order valence-corrected chi connectivity index (χ1v) is 8.26. The largest absolute Gasteiger partial charge is 0.495 e. The van der Waals surface area contributed by atoms with Crippen molar-refractivity contribution in [1.82, 2.24) is 0 Å². The van der Waals surface area contributed by atoms with E-state index in [1.54, 1.807) is 12.1 Å². The zero-order valence-electron chi connectivity index (χ0n) is 12.4. The summed E-state index contributed by atoms with van der Waals surface area (Å²) in [5.41, 5.74) is 3.10. The lowest BCUT2D eigenvalue weighted by atomic mass is 10.1. The summed E-state index contributed by atoms with van der Waals surface area (Å²) in [7, 11) is -1.95. The van der Waals surface area contributed by atoms with Crippen LogP contribution in [0.2, 0.25) is 0 Å². The minimum Gasteiger partial charge on any atom is -0.495 e. The smallest absolute Gasteiger partial charge is 0.237 e. The standard InChI is InChI=1S/C16H19NO3S/c1-12-9-13(2)16(15(10-12)20-3)17-21(18,19)11-14-7-5-4-6-8-14/h4-10,17H,11H2,1-3H3. The molecule has 0 aliphatic carbocycles. The number of hydrogen-bond acceptors (Lipinski definition) is 3. The van der Waals surface area contributed by atoms with Crippen LogP contribution < -0.4 is 9.46 Å². The fraction of sp³-hybridized carbons (Fsp3) is 0.250. The zero-order chi connectivity index (χ0) is 15.5. The van der Waals surface area contributed by atoms with Gasteiger partial charge in [0, 0.05) is 0 Å². The number of sulfonamides is 1. The molecule has 2 aromatic carbocycles. The monoisotopic (exact) mass is 305 g/mol. The highest BCUT2D eigenvalue weighted by Crippen LogP contribution is 2.30. The Morgan fingerprint density at radius 3 is 2.38 bits per heavy atom. The number of hydrogen-bond donors (Lipinski definition) is 1. The number of anilines is 1. The van der Waals surface area contributed by atoms with E-state index in [9.17, 15) is 8.42 Å². The van der Waals surface area contributed by atoms with Gasteiger partial charge < -0.3 is 4.74 Å². The molecule has 4 nitrogen and oxygen atoms in total. The molecular formula is C16H19NO3S. The molecule has 0 aliphatic rings. The van der Waals surface area contributed by atoms with Crippen molar-refractivity contribution >= 4 is 15.7 Å². The lowest BCUT2D eigenvalue weighted by molar-refractivity contribution is 0.416. The van der Waals surface area contributed by atoms with Crippen molar-refractivity contribution in [3.63, 3.8) is 0 Å². The lowest BCUT2D eigenvalue weighted by Gasteiger charge is -2.15. The highest BCUT2D eigenvalue weighted by molar-refractivity contribution is 7.91. The molecule has 0 saturated carbocycles. The summed E-state index contributed by atoms with van der Waals surface area (Å²) in [6.45, 7) is 3.80. The Morgan fingerprint density at radius 1 is 1.10 bits per heavy atom. The van der Waals surface area contributed by atoms with Crippen LogP contribution in [-0.4, -0.2) is 15.5 Å². The number of benzene rings is 2. The number of nitrogens with one attached hydrogen (secondary N) is 1. The molecular weight excluding hydrogens is 286 g/mol. The van der Waals surface area contributed by atoms with Crippen molar-refractivity contribution in [2.45, 2.75) is 19.6 Å². The van der Waals surface area contributed by atoms with Crippen molar-refractivity contribution < 1.29 is 13.2 Å². The van der Waals surface area contributed by atoms with Gasteiger partial charge in [-0.1, -0.05) is 36.4 Å². The first-order valence-electron chi connectivity index (χ1n) is 6.61. The van der Waals surface area contributed by atoms with Crippen molar-refractivity contribution in [1.29, 1.82) is 0 Å². The third kappa shape index (κ3) is 3.98. The Labute approximate surface area is 125 Å². The molecule has 5 heteroatoms. The molecule has 0 bridgehead atoms. The molecule has 0 aliphatic heterocycles. The van der Waals surface area contributed by atoms with Crippen LogP contribution in [0.4, 0.5) is 5.69 Å². The van der Waals surface area contributed by atoms with Gasteiger partial charge in [0.15, 0.2) is 0 Å². The predicted octanol–water partition coefficient (Wildman–Crippen LogP) is 3.25. The Hall–Kier alpha value is -2.01. The van der Waals surface area contributed by atoms with Gasteiger partial charge in [-0.3, -0.25) is 4.72 Å². The molecule has 112 valence electrons. The maximum Gasteiger partial charge on any atom is 0.237 e. The summed E-state index contributed by atoms with van der Waals surface area (Å²) in [6, 6.07) is 12.8. The number of methoxy groups -OCH3 is 1. The molecule has 0 radical (unpaired) electrons. The normalized spacial score (nSPS) is 11.2. The summed E-state index contributed by atoms with van der Waals surface area (Å²) in [5.74, 6) is 0.466. The van der Waals surface area contributed by atoms with Crippen LogP contribution in [0.1, 0.15) is 16.7 Å². The molecule has 0 unspecified atom stereocenters. The molecule has 0 atom stereocenters. The predicted molar refractivity (Wildman–Crippen MR) is 85.2 cm³/mol.